The van der Waals surface area contributed by atoms with Crippen molar-refractivity contribution in [3.05, 3.63) is 71.3 Å². The van der Waals surface area contributed by atoms with Crippen molar-refractivity contribution < 1.29 is 8.78 Å². The van der Waals surface area contributed by atoms with E-state index in [0.717, 1.165) is 24.1 Å². The molecule has 1 saturated carbocycles. The third-order valence-corrected chi connectivity index (χ3v) is 3.99. The second-order valence-electron chi connectivity index (χ2n) is 5.70. The average molecular weight is 287 g/mol. The van der Waals surface area contributed by atoms with Gasteiger partial charge in [-0.2, -0.15) is 0 Å². The Labute approximate surface area is 124 Å². The Morgan fingerprint density at radius 1 is 1.00 bits per heavy atom. The Kier molecular flexibility index (Phi) is 4.30. The molecule has 2 aromatic rings. The Morgan fingerprint density at radius 3 is 2.43 bits per heavy atom. The first kappa shape index (κ1) is 14.2. The van der Waals surface area contributed by atoms with Gasteiger partial charge in [0.15, 0.2) is 0 Å². The molecule has 1 aliphatic carbocycles. The van der Waals surface area contributed by atoms with E-state index >= 15 is 0 Å². The summed E-state index contributed by atoms with van der Waals surface area (Å²) in [7, 11) is 0. The second-order valence-corrected chi connectivity index (χ2v) is 5.70. The molecule has 0 bridgehead atoms. The number of hydrogen-bond donors (Lipinski definition) is 1. The third kappa shape index (κ3) is 3.88. The number of rotatable bonds is 6. The van der Waals surface area contributed by atoms with Crippen LogP contribution in [-0.2, 0) is 6.42 Å². The minimum Gasteiger partial charge on any atom is -0.309 e. The van der Waals surface area contributed by atoms with E-state index in [-0.39, 0.29) is 17.7 Å². The summed E-state index contributed by atoms with van der Waals surface area (Å²) in [6.45, 7) is 0.794. The minimum atomic E-state index is -0.201. The van der Waals surface area contributed by atoms with Crippen LogP contribution in [0.15, 0.2) is 48.5 Å². The molecule has 3 heteroatoms. The van der Waals surface area contributed by atoms with Gasteiger partial charge in [-0.1, -0.05) is 24.3 Å². The van der Waals surface area contributed by atoms with E-state index in [4.69, 9.17) is 0 Å². The molecule has 1 nitrogen and oxygen atoms in total. The van der Waals surface area contributed by atoms with Crippen LogP contribution >= 0.6 is 0 Å². The molecule has 3 rings (SSSR count). The van der Waals surface area contributed by atoms with Gasteiger partial charge in [0.2, 0.25) is 0 Å². The van der Waals surface area contributed by atoms with Crippen LogP contribution in [-0.4, -0.2) is 6.54 Å². The van der Waals surface area contributed by atoms with Crippen LogP contribution in [0.2, 0.25) is 0 Å². The molecule has 1 atom stereocenters. The van der Waals surface area contributed by atoms with E-state index < -0.39 is 0 Å². The molecule has 0 saturated heterocycles. The van der Waals surface area contributed by atoms with Crippen molar-refractivity contribution >= 4 is 0 Å². The maximum atomic E-state index is 13.1. The van der Waals surface area contributed by atoms with Gasteiger partial charge in [-0.25, -0.2) is 8.78 Å². The predicted molar refractivity (Wildman–Crippen MR) is 80.0 cm³/mol. The van der Waals surface area contributed by atoms with E-state index in [2.05, 4.69) is 5.32 Å². The Hall–Kier alpha value is -1.74. The predicted octanol–water partition coefficient (Wildman–Crippen LogP) is 4.25. The first-order valence-corrected chi connectivity index (χ1v) is 7.45. The van der Waals surface area contributed by atoms with Gasteiger partial charge in [-0.05, 0) is 67.1 Å². The van der Waals surface area contributed by atoms with Gasteiger partial charge in [-0.3, -0.25) is 0 Å². The molecular formula is C18H19F2N. The van der Waals surface area contributed by atoms with Gasteiger partial charge in [-0.15, -0.1) is 0 Å². The van der Waals surface area contributed by atoms with Crippen molar-refractivity contribution in [3.8, 4) is 0 Å². The van der Waals surface area contributed by atoms with Crippen molar-refractivity contribution in [3.63, 3.8) is 0 Å². The van der Waals surface area contributed by atoms with Gasteiger partial charge in [0.25, 0.3) is 0 Å². The van der Waals surface area contributed by atoms with Gasteiger partial charge in [0, 0.05) is 6.04 Å². The number of halogens is 2. The largest absolute Gasteiger partial charge is 0.309 e. The van der Waals surface area contributed by atoms with E-state index in [9.17, 15) is 8.78 Å². The summed E-state index contributed by atoms with van der Waals surface area (Å²) >= 11 is 0. The molecule has 0 radical (unpaired) electrons. The van der Waals surface area contributed by atoms with Crippen molar-refractivity contribution in [2.45, 2.75) is 25.3 Å². The van der Waals surface area contributed by atoms with Crippen LogP contribution in [0.4, 0.5) is 8.78 Å². The van der Waals surface area contributed by atoms with Crippen LogP contribution in [0, 0.1) is 17.6 Å². The molecule has 0 heterocycles. The van der Waals surface area contributed by atoms with E-state index in [0.29, 0.717) is 5.92 Å². The highest BCUT2D eigenvalue weighted by molar-refractivity contribution is 5.22. The quantitative estimate of drug-likeness (QED) is 0.837. The van der Waals surface area contributed by atoms with Crippen molar-refractivity contribution in [1.82, 2.24) is 5.32 Å². The van der Waals surface area contributed by atoms with Gasteiger partial charge >= 0.3 is 0 Å². The zero-order valence-corrected chi connectivity index (χ0v) is 11.9. The standard InChI is InChI=1S/C18H19F2N/c19-16-8-6-15(7-9-16)18(14-4-5-14)21-11-10-13-2-1-3-17(20)12-13/h1-3,6-9,12,14,18,21H,4-5,10-11H2. The summed E-state index contributed by atoms with van der Waals surface area (Å²) in [6.07, 6.45) is 3.23. The fourth-order valence-corrected chi connectivity index (χ4v) is 2.72. The fourth-order valence-electron chi connectivity index (χ4n) is 2.72. The van der Waals surface area contributed by atoms with E-state index in [1.165, 1.54) is 31.0 Å². The Morgan fingerprint density at radius 2 is 1.76 bits per heavy atom. The van der Waals surface area contributed by atoms with Crippen LogP contribution in [0.5, 0.6) is 0 Å². The molecule has 0 aromatic heterocycles. The Bertz CT molecular complexity index is 590. The molecule has 2 aromatic carbocycles. The fraction of sp³-hybridized carbons (Fsp3) is 0.333. The van der Waals surface area contributed by atoms with Crippen LogP contribution in [0.1, 0.15) is 30.0 Å². The summed E-state index contributed by atoms with van der Waals surface area (Å²) in [4.78, 5) is 0. The molecule has 0 aliphatic heterocycles. The number of hydrogen-bond acceptors (Lipinski definition) is 1. The SMILES string of the molecule is Fc1ccc(C(NCCc2cccc(F)c2)C2CC2)cc1. The lowest BCUT2D eigenvalue weighted by Crippen LogP contribution is -2.25. The zero-order chi connectivity index (χ0) is 14.7. The highest BCUT2D eigenvalue weighted by Gasteiger charge is 2.31. The molecule has 0 amide bonds. The second kappa shape index (κ2) is 6.35. The highest BCUT2D eigenvalue weighted by Crippen LogP contribution is 2.40. The lowest BCUT2D eigenvalue weighted by Gasteiger charge is -2.19. The molecule has 1 N–H and O–H groups in total. The third-order valence-electron chi connectivity index (χ3n) is 3.99. The molecule has 1 fully saturated rings. The molecule has 0 spiro atoms. The monoisotopic (exact) mass is 287 g/mol. The summed E-state index contributed by atoms with van der Waals surface area (Å²) in [6, 6.07) is 13.7. The first-order valence-electron chi connectivity index (χ1n) is 7.45. The lowest BCUT2D eigenvalue weighted by atomic mass is 10.0. The molecule has 110 valence electrons. The van der Waals surface area contributed by atoms with E-state index in [1.807, 2.05) is 18.2 Å². The summed E-state index contributed by atoms with van der Waals surface area (Å²) in [5, 5.41) is 3.54. The topological polar surface area (TPSA) is 12.0 Å². The average Bonchev–Trinajstić information content (AvgIpc) is 3.30. The minimum absolute atomic E-state index is 0.190. The summed E-state index contributed by atoms with van der Waals surface area (Å²) in [5.41, 5.74) is 2.13. The number of nitrogens with one attached hydrogen (secondary N) is 1. The maximum absolute atomic E-state index is 13.1. The molecular weight excluding hydrogens is 268 g/mol. The van der Waals surface area contributed by atoms with Crippen molar-refractivity contribution in [2.75, 3.05) is 6.54 Å². The first-order chi connectivity index (χ1) is 10.2. The van der Waals surface area contributed by atoms with Crippen LogP contribution in [0.25, 0.3) is 0 Å². The number of benzene rings is 2. The van der Waals surface area contributed by atoms with Crippen LogP contribution < -0.4 is 5.32 Å². The van der Waals surface area contributed by atoms with Gasteiger partial charge in [0.1, 0.15) is 11.6 Å². The Balaban J connectivity index is 1.60. The lowest BCUT2D eigenvalue weighted by molar-refractivity contribution is 0.483. The van der Waals surface area contributed by atoms with Gasteiger partial charge in [0.05, 0.1) is 0 Å². The zero-order valence-electron chi connectivity index (χ0n) is 11.9. The molecule has 1 aliphatic rings. The van der Waals surface area contributed by atoms with Crippen LogP contribution in [0.3, 0.4) is 0 Å². The van der Waals surface area contributed by atoms with Crippen molar-refractivity contribution in [2.24, 2.45) is 5.92 Å². The van der Waals surface area contributed by atoms with Gasteiger partial charge < -0.3 is 5.32 Å². The summed E-state index contributed by atoms with van der Waals surface area (Å²) < 4.78 is 26.2. The highest BCUT2D eigenvalue weighted by atomic mass is 19.1. The van der Waals surface area contributed by atoms with E-state index in [1.54, 1.807) is 12.1 Å². The van der Waals surface area contributed by atoms with Crippen molar-refractivity contribution in [1.29, 1.82) is 0 Å². The summed E-state index contributed by atoms with van der Waals surface area (Å²) in [5.74, 6) is 0.251. The maximum Gasteiger partial charge on any atom is 0.123 e. The normalized spacial score (nSPS) is 15.9. The smallest absolute Gasteiger partial charge is 0.123 e. The molecule has 1 unspecified atom stereocenters. The molecule has 21 heavy (non-hydrogen) atoms.